The topological polar surface area (TPSA) is 125 Å². The molecule has 1 atom stereocenters. The van der Waals surface area contributed by atoms with E-state index in [9.17, 15) is 4.79 Å². The van der Waals surface area contributed by atoms with Crippen LogP contribution in [0.15, 0.2) is 0 Å². The molecule has 0 rings (SSSR count). The van der Waals surface area contributed by atoms with Gasteiger partial charge in [-0.1, -0.05) is 0 Å². The van der Waals surface area contributed by atoms with Gasteiger partial charge in [0.2, 0.25) is 0 Å². The van der Waals surface area contributed by atoms with Crippen molar-refractivity contribution in [1.29, 1.82) is 5.41 Å². The fraction of sp³-hybridized carbons (Fsp3) is 0.667. The van der Waals surface area contributed by atoms with Crippen LogP contribution in [-0.4, -0.2) is 52.7 Å². The Bertz CT molecular complexity index is 176. The summed E-state index contributed by atoms with van der Waals surface area (Å²) in [4.78, 5) is 10.2. The Morgan fingerprint density at radius 2 is 2.15 bits per heavy atom. The summed E-state index contributed by atoms with van der Waals surface area (Å²) < 4.78 is 0. The minimum atomic E-state index is -1.00. The van der Waals surface area contributed by atoms with Crippen LogP contribution in [0.2, 0.25) is 0 Å². The fourth-order valence-corrected chi connectivity index (χ4v) is 0.669. The van der Waals surface area contributed by atoms with Crippen LogP contribution in [0.5, 0.6) is 0 Å². The number of carbonyl (C=O) groups is 1. The van der Waals surface area contributed by atoms with Crippen LogP contribution in [-0.2, 0) is 4.79 Å². The molecule has 6 nitrogen and oxygen atoms in total. The maximum Gasteiger partial charge on any atom is 0.320 e. The average molecular weight is 201 g/mol. The number of rotatable bonds is 5. The molecular weight excluding hydrogens is 184 g/mol. The predicted octanol–water partition coefficient (Wildman–Crippen LogP) is -2.25. The molecule has 7 heteroatoms. The second-order valence-corrected chi connectivity index (χ2v) is 2.43. The van der Waals surface area contributed by atoms with Gasteiger partial charge in [-0.25, -0.2) is 0 Å². The number of nitrogens with two attached hydrogens (primary N) is 2. The maximum atomic E-state index is 10.2. The Kier molecular flexibility index (Phi) is 9.30. The minimum Gasteiger partial charge on any atom is -0.480 e. The third kappa shape index (κ3) is 9.38. The van der Waals surface area contributed by atoms with Gasteiger partial charge in [0, 0.05) is 6.54 Å². The molecular formula is C6H16MgN4O2. The molecule has 0 saturated heterocycles. The van der Waals surface area contributed by atoms with Crippen molar-refractivity contribution in [3.05, 3.63) is 0 Å². The Morgan fingerprint density at radius 1 is 1.62 bits per heavy atom. The summed E-state index contributed by atoms with van der Waals surface area (Å²) in [5.74, 6) is -1.11. The summed E-state index contributed by atoms with van der Waals surface area (Å²) in [5.41, 5.74) is 10.2. The van der Waals surface area contributed by atoms with Crippen LogP contribution in [0.3, 0.4) is 0 Å². The van der Waals surface area contributed by atoms with E-state index >= 15 is 0 Å². The van der Waals surface area contributed by atoms with Crippen molar-refractivity contribution in [2.45, 2.75) is 18.9 Å². The lowest BCUT2D eigenvalue weighted by Gasteiger charge is -2.06. The second kappa shape index (κ2) is 8.08. The van der Waals surface area contributed by atoms with Gasteiger partial charge >= 0.3 is 29.0 Å². The van der Waals surface area contributed by atoms with Crippen LogP contribution < -0.4 is 16.8 Å². The molecule has 0 aromatic rings. The van der Waals surface area contributed by atoms with E-state index in [-0.39, 0.29) is 29.0 Å². The van der Waals surface area contributed by atoms with Crippen molar-refractivity contribution in [1.82, 2.24) is 5.32 Å². The van der Waals surface area contributed by atoms with Gasteiger partial charge in [-0.15, -0.1) is 0 Å². The molecule has 0 aromatic heterocycles. The van der Waals surface area contributed by atoms with Gasteiger partial charge in [0.05, 0.1) is 0 Å². The first-order valence-corrected chi connectivity index (χ1v) is 3.60. The van der Waals surface area contributed by atoms with E-state index in [1.54, 1.807) is 0 Å². The molecule has 0 radical (unpaired) electrons. The molecule has 0 saturated carbocycles. The highest BCUT2D eigenvalue weighted by Crippen LogP contribution is 1.92. The lowest BCUT2D eigenvalue weighted by molar-refractivity contribution is -0.138. The first kappa shape index (κ1) is 15.0. The first-order chi connectivity index (χ1) is 5.54. The van der Waals surface area contributed by atoms with E-state index in [0.717, 1.165) is 0 Å². The van der Waals surface area contributed by atoms with Crippen LogP contribution in [0.4, 0.5) is 0 Å². The zero-order chi connectivity index (χ0) is 9.56. The Balaban J connectivity index is 0. The van der Waals surface area contributed by atoms with Gasteiger partial charge < -0.3 is 21.9 Å². The van der Waals surface area contributed by atoms with E-state index in [2.05, 4.69) is 5.32 Å². The quantitative estimate of drug-likeness (QED) is 0.148. The number of carboxylic acids is 1. The molecule has 0 aliphatic carbocycles. The Morgan fingerprint density at radius 3 is 2.54 bits per heavy atom. The molecule has 74 valence electrons. The molecule has 0 aromatic carbocycles. The summed E-state index contributed by atoms with van der Waals surface area (Å²) in [6, 6.07) is -0.821. The van der Waals surface area contributed by atoms with Gasteiger partial charge in [-0.05, 0) is 12.8 Å². The number of hydrogen-bond donors (Lipinski definition) is 5. The molecule has 0 fully saturated rings. The normalized spacial score (nSPS) is 11.2. The second-order valence-electron chi connectivity index (χ2n) is 2.43. The third-order valence-corrected chi connectivity index (χ3v) is 1.32. The highest BCUT2D eigenvalue weighted by atomic mass is 24.3. The smallest absolute Gasteiger partial charge is 0.320 e. The highest BCUT2D eigenvalue weighted by molar-refractivity contribution is 5.75. The van der Waals surface area contributed by atoms with Gasteiger partial charge in [0.25, 0.3) is 0 Å². The van der Waals surface area contributed by atoms with E-state index in [1.807, 2.05) is 0 Å². The Labute approximate surface area is 92.7 Å². The SMILES string of the molecule is N=C(N)NCCC[C@H](N)C(=O)O.[MgH2]. The Hall–Kier alpha value is -0.534. The summed E-state index contributed by atoms with van der Waals surface area (Å²) in [5, 5.41) is 17.7. The molecule has 0 aliphatic heterocycles. The maximum absolute atomic E-state index is 10.2. The largest absolute Gasteiger partial charge is 0.480 e. The molecule has 0 spiro atoms. The predicted molar refractivity (Wildman–Crippen MR) is 53.3 cm³/mol. The van der Waals surface area contributed by atoms with E-state index in [0.29, 0.717) is 19.4 Å². The summed E-state index contributed by atoms with van der Waals surface area (Å²) >= 11 is 0. The van der Waals surface area contributed by atoms with Crippen molar-refractivity contribution in [3.8, 4) is 0 Å². The molecule has 0 amide bonds. The lowest BCUT2D eigenvalue weighted by atomic mass is 10.2. The minimum absolute atomic E-state index is 0. The number of aliphatic carboxylic acids is 1. The molecule has 0 aliphatic rings. The van der Waals surface area contributed by atoms with Crippen LogP contribution in [0.1, 0.15) is 12.8 Å². The van der Waals surface area contributed by atoms with E-state index in [1.165, 1.54) is 0 Å². The number of guanidine groups is 1. The fourth-order valence-electron chi connectivity index (χ4n) is 0.669. The van der Waals surface area contributed by atoms with E-state index in [4.69, 9.17) is 22.0 Å². The van der Waals surface area contributed by atoms with Crippen LogP contribution >= 0.6 is 0 Å². The zero-order valence-corrected chi connectivity index (χ0v) is 6.71. The van der Waals surface area contributed by atoms with Crippen LogP contribution in [0, 0.1) is 5.41 Å². The van der Waals surface area contributed by atoms with Crippen molar-refractivity contribution in [2.24, 2.45) is 11.5 Å². The van der Waals surface area contributed by atoms with Gasteiger partial charge in [-0.2, -0.15) is 0 Å². The summed E-state index contributed by atoms with van der Waals surface area (Å²) in [6.45, 7) is 0.482. The molecule has 7 N–H and O–H groups in total. The number of carboxylic acid groups (broad SMARTS) is 1. The first-order valence-electron chi connectivity index (χ1n) is 3.60. The molecule has 0 heterocycles. The summed E-state index contributed by atoms with van der Waals surface area (Å²) in [7, 11) is 0. The van der Waals surface area contributed by atoms with Crippen molar-refractivity contribution < 1.29 is 9.90 Å². The lowest BCUT2D eigenvalue weighted by Crippen LogP contribution is -2.34. The van der Waals surface area contributed by atoms with Crippen molar-refractivity contribution >= 4 is 35.0 Å². The molecule has 0 unspecified atom stereocenters. The number of nitrogens with one attached hydrogen (secondary N) is 2. The standard InChI is InChI=1S/C6H14N4O2.Mg.2H/c7-4(5(11)12)2-1-3-10-6(8)9;;;/h4H,1-3,7H2,(H,11,12)(H4,8,9,10);;;/t4-;;;/m0.../s1. The monoisotopic (exact) mass is 200 g/mol. The number of hydrogen-bond acceptors (Lipinski definition) is 3. The molecule has 0 bridgehead atoms. The van der Waals surface area contributed by atoms with Crippen molar-refractivity contribution in [3.63, 3.8) is 0 Å². The van der Waals surface area contributed by atoms with E-state index < -0.39 is 12.0 Å². The van der Waals surface area contributed by atoms with Gasteiger partial charge in [0.1, 0.15) is 6.04 Å². The van der Waals surface area contributed by atoms with Crippen LogP contribution in [0.25, 0.3) is 0 Å². The average Bonchev–Trinajstić information content (AvgIpc) is 1.97. The van der Waals surface area contributed by atoms with Gasteiger partial charge in [0.15, 0.2) is 5.96 Å². The highest BCUT2D eigenvalue weighted by Gasteiger charge is 2.09. The van der Waals surface area contributed by atoms with Gasteiger partial charge in [-0.3, -0.25) is 10.2 Å². The summed E-state index contributed by atoms with van der Waals surface area (Å²) in [6.07, 6.45) is 0.975. The third-order valence-electron chi connectivity index (χ3n) is 1.32. The zero-order valence-electron chi connectivity index (χ0n) is 6.71. The van der Waals surface area contributed by atoms with Crippen molar-refractivity contribution in [2.75, 3.05) is 6.54 Å². The molecule has 13 heavy (non-hydrogen) atoms.